The minimum absolute atomic E-state index is 0.145. The monoisotopic (exact) mass is 408 g/mol. The maximum Gasteiger partial charge on any atom is 0.348 e. The molecule has 0 radical (unpaired) electrons. The molecular formula is C24H28N2O4. The van der Waals surface area contributed by atoms with Gasteiger partial charge in [0.1, 0.15) is 11.2 Å². The van der Waals surface area contributed by atoms with E-state index >= 15 is 0 Å². The molecule has 1 aliphatic rings. The number of nitrogens with zero attached hydrogens (tertiary/aromatic N) is 1. The van der Waals surface area contributed by atoms with Gasteiger partial charge in [-0.05, 0) is 42.2 Å². The maximum atomic E-state index is 13.1. The normalized spacial score (nSPS) is 16.5. The molecule has 0 fully saturated rings. The smallest absolute Gasteiger partial charge is 0.348 e. The van der Waals surface area contributed by atoms with Crippen molar-refractivity contribution in [2.75, 3.05) is 12.4 Å². The first-order valence-corrected chi connectivity index (χ1v) is 10.5. The summed E-state index contributed by atoms with van der Waals surface area (Å²) in [5, 5.41) is 4.79. The quantitative estimate of drug-likeness (QED) is 0.495. The third kappa shape index (κ3) is 3.34. The zero-order chi connectivity index (χ0) is 21.6. The summed E-state index contributed by atoms with van der Waals surface area (Å²) in [6.45, 7) is 8.53. The lowest BCUT2D eigenvalue weighted by Gasteiger charge is -2.35. The summed E-state index contributed by atoms with van der Waals surface area (Å²) in [6.07, 6.45) is 2.98. The van der Waals surface area contributed by atoms with Crippen LogP contribution in [-0.4, -0.2) is 18.0 Å². The number of ether oxygens (including phenoxy) is 1. The summed E-state index contributed by atoms with van der Waals surface area (Å²) in [4.78, 5) is 30.0. The third-order valence-corrected chi connectivity index (χ3v) is 6.23. The Bertz CT molecular complexity index is 1200. The second-order valence-corrected chi connectivity index (χ2v) is 9.07. The van der Waals surface area contributed by atoms with Crippen LogP contribution in [0.5, 0.6) is 5.75 Å². The maximum absolute atomic E-state index is 13.1. The Kier molecular flexibility index (Phi) is 5.04. The highest BCUT2D eigenvalue weighted by atomic mass is 16.5. The number of methoxy groups -OCH3 is 1. The van der Waals surface area contributed by atoms with E-state index in [9.17, 15) is 9.59 Å². The number of carbonyl (C=O) groups excluding carboxylic acids is 1. The second-order valence-electron chi connectivity index (χ2n) is 9.07. The van der Waals surface area contributed by atoms with Gasteiger partial charge in [-0.1, -0.05) is 39.8 Å². The van der Waals surface area contributed by atoms with Gasteiger partial charge < -0.3 is 14.5 Å². The van der Waals surface area contributed by atoms with E-state index in [1.54, 1.807) is 20.1 Å². The molecule has 0 unspecified atom stereocenters. The van der Waals surface area contributed by atoms with Crippen LogP contribution >= 0.6 is 0 Å². The molecule has 0 aliphatic heterocycles. The third-order valence-electron chi connectivity index (χ3n) is 6.23. The fraction of sp³-hybridized carbons (Fsp3) is 0.458. The highest BCUT2D eigenvalue weighted by molar-refractivity contribution is 6.12. The van der Waals surface area contributed by atoms with E-state index in [0.717, 1.165) is 41.3 Å². The van der Waals surface area contributed by atoms with Crippen molar-refractivity contribution in [2.24, 2.45) is 11.3 Å². The fourth-order valence-corrected chi connectivity index (χ4v) is 4.43. The Morgan fingerprint density at radius 3 is 2.73 bits per heavy atom. The Hall–Kier alpha value is -2.89. The van der Waals surface area contributed by atoms with Crippen LogP contribution < -0.4 is 15.7 Å². The van der Waals surface area contributed by atoms with E-state index < -0.39 is 5.63 Å². The number of fused-ring (bicyclic) bond motifs is 5. The summed E-state index contributed by atoms with van der Waals surface area (Å²) in [5.74, 6) is 1.10. The van der Waals surface area contributed by atoms with Crippen molar-refractivity contribution < 1.29 is 13.9 Å². The molecule has 2 aromatic heterocycles. The van der Waals surface area contributed by atoms with E-state index in [1.807, 2.05) is 12.1 Å². The number of hydrogen-bond acceptors (Lipinski definition) is 5. The molecule has 3 aromatic rings. The van der Waals surface area contributed by atoms with Crippen molar-refractivity contribution in [2.45, 2.75) is 53.4 Å². The topological polar surface area (TPSA) is 81.4 Å². The summed E-state index contributed by atoms with van der Waals surface area (Å²) >= 11 is 0. The molecule has 1 atom stereocenters. The van der Waals surface area contributed by atoms with Crippen LogP contribution in [0.2, 0.25) is 0 Å². The second kappa shape index (κ2) is 7.42. The highest BCUT2D eigenvalue weighted by Gasteiger charge is 2.32. The SMILES string of the molecule is CCC(=O)Nc1nc2c(c3c1c(=O)oc1c(OC)cccc13)C[C@@H](C(C)(C)C)CC2. The highest BCUT2D eigenvalue weighted by Crippen LogP contribution is 2.42. The Morgan fingerprint density at radius 1 is 1.30 bits per heavy atom. The van der Waals surface area contributed by atoms with Gasteiger partial charge in [0.05, 0.1) is 7.11 Å². The molecule has 158 valence electrons. The lowest BCUT2D eigenvalue weighted by atomic mass is 9.71. The van der Waals surface area contributed by atoms with Crippen molar-refractivity contribution in [3.63, 3.8) is 0 Å². The molecule has 30 heavy (non-hydrogen) atoms. The van der Waals surface area contributed by atoms with Crippen molar-refractivity contribution >= 4 is 33.5 Å². The Labute approximate surface area is 175 Å². The van der Waals surface area contributed by atoms with E-state index in [0.29, 0.717) is 34.9 Å². The van der Waals surface area contributed by atoms with Crippen molar-refractivity contribution in [1.29, 1.82) is 0 Å². The lowest BCUT2D eigenvalue weighted by molar-refractivity contribution is -0.115. The molecule has 0 saturated heterocycles. The zero-order valence-electron chi connectivity index (χ0n) is 18.2. The molecule has 1 amide bonds. The first kappa shape index (κ1) is 20.4. The van der Waals surface area contributed by atoms with Crippen LogP contribution in [0, 0.1) is 11.3 Å². The van der Waals surface area contributed by atoms with Gasteiger partial charge in [0.15, 0.2) is 11.3 Å². The largest absolute Gasteiger partial charge is 0.493 e. The molecule has 4 rings (SSSR count). The number of rotatable bonds is 3. The number of nitrogens with one attached hydrogen (secondary N) is 1. The summed E-state index contributed by atoms with van der Waals surface area (Å²) in [5.41, 5.74) is 2.09. The minimum atomic E-state index is -0.512. The number of anilines is 1. The molecule has 1 aliphatic carbocycles. The number of carbonyl (C=O) groups is 1. The van der Waals surface area contributed by atoms with Crippen LogP contribution in [0.4, 0.5) is 5.82 Å². The first-order chi connectivity index (χ1) is 14.2. The lowest BCUT2D eigenvalue weighted by Crippen LogP contribution is -2.28. The van der Waals surface area contributed by atoms with Gasteiger partial charge in [-0.3, -0.25) is 4.79 Å². The molecule has 1 aromatic carbocycles. The number of benzene rings is 1. The molecule has 0 saturated carbocycles. The predicted molar refractivity (Wildman–Crippen MR) is 118 cm³/mol. The molecule has 6 heteroatoms. The molecule has 2 heterocycles. The van der Waals surface area contributed by atoms with E-state index in [4.69, 9.17) is 14.1 Å². The van der Waals surface area contributed by atoms with Gasteiger partial charge in [0.2, 0.25) is 5.91 Å². The van der Waals surface area contributed by atoms with E-state index in [1.165, 1.54) is 0 Å². The van der Waals surface area contributed by atoms with Gasteiger partial charge in [-0.2, -0.15) is 0 Å². The molecule has 0 bridgehead atoms. The van der Waals surface area contributed by atoms with Crippen LogP contribution in [0.1, 0.15) is 51.8 Å². The van der Waals surface area contributed by atoms with Crippen LogP contribution in [0.15, 0.2) is 27.4 Å². The Balaban J connectivity index is 2.11. The number of aryl methyl sites for hydroxylation is 1. The standard InChI is InChI=1S/C24H28N2O4/c1-6-18(27)26-22-20-19(14-8-7-9-17(29-5)21(14)30-23(20)28)15-12-13(24(2,3)4)10-11-16(15)25-22/h7-9,13H,6,10-12H2,1-5H3,(H,25,26,27)/t13-/m0/s1. The summed E-state index contributed by atoms with van der Waals surface area (Å²) in [6, 6.07) is 5.61. The average molecular weight is 408 g/mol. The van der Waals surface area contributed by atoms with Crippen LogP contribution in [0.3, 0.4) is 0 Å². The molecule has 0 spiro atoms. The van der Waals surface area contributed by atoms with Crippen molar-refractivity contribution in [1.82, 2.24) is 4.98 Å². The molecule has 1 N–H and O–H groups in total. The van der Waals surface area contributed by atoms with Crippen LogP contribution in [0.25, 0.3) is 21.7 Å². The predicted octanol–water partition coefficient (Wildman–Crippen LogP) is 4.85. The zero-order valence-corrected chi connectivity index (χ0v) is 18.2. The summed E-state index contributed by atoms with van der Waals surface area (Å²) < 4.78 is 11.1. The van der Waals surface area contributed by atoms with E-state index in [-0.39, 0.29) is 11.3 Å². The first-order valence-electron chi connectivity index (χ1n) is 10.5. The van der Waals surface area contributed by atoms with Gasteiger partial charge in [0, 0.05) is 22.9 Å². The van der Waals surface area contributed by atoms with Gasteiger partial charge in [0.25, 0.3) is 0 Å². The van der Waals surface area contributed by atoms with Crippen molar-refractivity contribution in [3.05, 3.63) is 39.9 Å². The number of aromatic nitrogens is 1. The minimum Gasteiger partial charge on any atom is -0.493 e. The average Bonchev–Trinajstić information content (AvgIpc) is 2.71. The van der Waals surface area contributed by atoms with E-state index in [2.05, 4.69) is 26.1 Å². The fourth-order valence-electron chi connectivity index (χ4n) is 4.43. The van der Waals surface area contributed by atoms with Gasteiger partial charge >= 0.3 is 5.63 Å². The van der Waals surface area contributed by atoms with Crippen molar-refractivity contribution in [3.8, 4) is 5.75 Å². The summed E-state index contributed by atoms with van der Waals surface area (Å²) in [7, 11) is 1.56. The number of pyridine rings is 1. The Morgan fingerprint density at radius 2 is 2.07 bits per heavy atom. The molecule has 6 nitrogen and oxygen atoms in total. The molecular weight excluding hydrogens is 380 g/mol. The number of para-hydroxylation sites is 1. The number of hydrogen-bond donors (Lipinski definition) is 1. The number of amides is 1. The van der Waals surface area contributed by atoms with Gasteiger partial charge in [-0.15, -0.1) is 0 Å². The van der Waals surface area contributed by atoms with Gasteiger partial charge in [-0.25, -0.2) is 9.78 Å². The van der Waals surface area contributed by atoms with Crippen LogP contribution in [-0.2, 0) is 17.6 Å².